The van der Waals surface area contributed by atoms with E-state index in [4.69, 9.17) is 0 Å². The van der Waals surface area contributed by atoms with Gasteiger partial charge in [-0.1, -0.05) is 30.3 Å². The summed E-state index contributed by atoms with van der Waals surface area (Å²) in [6.07, 6.45) is 3.08. The number of aromatic nitrogens is 1. The van der Waals surface area contributed by atoms with E-state index in [1.54, 1.807) is 0 Å². The van der Waals surface area contributed by atoms with E-state index in [0.29, 0.717) is 17.3 Å². The second-order valence-electron chi connectivity index (χ2n) is 4.80. The molecule has 0 atom stereocenters. The molecule has 0 aliphatic heterocycles. The first kappa shape index (κ1) is 11.2. The van der Waals surface area contributed by atoms with Gasteiger partial charge >= 0.3 is 0 Å². The summed E-state index contributed by atoms with van der Waals surface area (Å²) in [5.74, 6) is 0.280. The van der Waals surface area contributed by atoms with Gasteiger partial charge in [0.25, 0.3) is 0 Å². The summed E-state index contributed by atoms with van der Waals surface area (Å²) in [6, 6.07) is 10.7. The van der Waals surface area contributed by atoms with Gasteiger partial charge in [-0.25, -0.2) is 4.39 Å². The number of carbonyl (C=O) groups excluding carboxylic acids is 1. The number of hydrogen-bond acceptors (Lipinski definition) is 1. The average Bonchev–Trinajstić information content (AvgIpc) is 3.15. The normalized spacial score (nSPS) is 14.7. The van der Waals surface area contributed by atoms with E-state index in [9.17, 15) is 9.18 Å². The van der Waals surface area contributed by atoms with E-state index in [1.165, 1.54) is 18.9 Å². The Hall–Kier alpha value is -1.90. The predicted molar refractivity (Wildman–Crippen MR) is 67.9 cm³/mol. The molecule has 1 aromatic heterocycles. The van der Waals surface area contributed by atoms with Gasteiger partial charge in [0.15, 0.2) is 6.29 Å². The third-order valence-corrected chi connectivity index (χ3v) is 3.39. The summed E-state index contributed by atoms with van der Waals surface area (Å²) in [7, 11) is 0. The molecule has 1 aromatic carbocycles. The first-order valence-corrected chi connectivity index (χ1v) is 6.19. The number of hydrogen-bond donors (Lipinski definition) is 0. The van der Waals surface area contributed by atoms with Crippen LogP contribution in [0.4, 0.5) is 4.39 Å². The van der Waals surface area contributed by atoms with Gasteiger partial charge in [0, 0.05) is 18.2 Å². The van der Waals surface area contributed by atoms with Crippen molar-refractivity contribution in [3.05, 3.63) is 47.9 Å². The third-order valence-electron chi connectivity index (χ3n) is 3.39. The van der Waals surface area contributed by atoms with Crippen molar-refractivity contribution < 1.29 is 9.18 Å². The highest BCUT2D eigenvalue weighted by molar-refractivity contribution is 5.76. The Morgan fingerprint density at radius 2 is 2.00 bits per heavy atom. The summed E-state index contributed by atoms with van der Waals surface area (Å²) >= 11 is 0. The van der Waals surface area contributed by atoms with Crippen LogP contribution < -0.4 is 0 Å². The lowest BCUT2D eigenvalue weighted by atomic mass is 10.1. The van der Waals surface area contributed by atoms with Crippen molar-refractivity contribution >= 4 is 6.29 Å². The molecule has 0 saturated heterocycles. The lowest BCUT2D eigenvalue weighted by Crippen LogP contribution is -2.06. The van der Waals surface area contributed by atoms with Crippen molar-refractivity contribution in [1.29, 1.82) is 0 Å². The Labute approximate surface area is 105 Å². The van der Waals surface area contributed by atoms with Crippen LogP contribution in [0.15, 0.2) is 36.4 Å². The van der Waals surface area contributed by atoms with Gasteiger partial charge < -0.3 is 4.57 Å². The number of rotatable bonds is 4. The summed E-state index contributed by atoms with van der Waals surface area (Å²) in [5, 5.41) is 0. The maximum absolute atomic E-state index is 14.0. The number of carbonyl (C=O) groups is 1. The average molecular weight is 243 g/mol. The van der Waals surface area contributed by atoms with Crippen LogP contribution in [0, 0.1) is 11.7 Å². The van der Waals surface area contributed by atoms with E-state index >= 15 is 0 Å². The minimum atomic E-state index is -0.316. The van der Waals surface area contributed by atoms with Gasteiger partial charge in [-0.15, -0.1) is 0 Å². The summed E-state index contributed by atoms with van der Waals surface area (Å²) < 4.78 is 15.8. The number of halogens is 1. The fourth-order valence-corrected chi connectivity index (χ4v) is 2.28. The van der Waals surface area contributed by atoms with Crippen LogP contribution in [0.25, 0.3) is 11.3 Å². The van der Waals surface area contributed by atoms with E-state index in [-0.39, 0.29) is 5.82 Å². The van der Waals surface area contributed by atoms with Crippen LogP contribution in [-0.2, 0) is 6.54 Å². The zero-order valence-electron chi connectivity index (χ0n) is 9.97. The van der Waals surface area contributed by atoms with Crippen LogP contribution in [-0.4, -0.2) is 10.9 Å². The van der Waals surface area contributed by atoms with Crippen LogP contribution >= 0.6 is 0 Å². The number of aldehydes is 1. The van der Waals surface area contributed by atoms with Gasteiger partial charge in [-0.05, 0) is 18.8 Å². The molecule has 0 amide bonds. The molecule has 1 fully saturated rings. The Morgan fingerprint density at radius 3 is 2.61 bits per heavy atom. The lowest BCUT2D eigenvalue weighted by molar-refractivity contribution is 0.111. The molecule has 1 aliphatic carbocycles. The standard InChI is InChI=1S/C15H14FNO/c16-14-8-13(10-18)17(9-11-6-7-11)15(14)12-4-2-1-3-5-12/h1-5,8,10-11H,6-7,9H2. The highest BCUT2D eigenvalue weighted by atomic mass is 19.1. The molecule has 0 unspecified atom stereocenters. The molecule has 0 radical (unpaired) electrons. The van der Waals surface area contributed by atoms with Gasteiger partial charge in [-0.2, -0.15) is 0 Å². The topological polar surface area (TPSA) is 22.0 Å². The zero-order chi connectivity index (χ0) is 12.5. The largest absolute Gasteiger partial charge is 0.336 e. The molecule has 3 rings (SSSR count). The fraction of sp³-hybridized carbons (Fsp3) is 0.267. The molecule has 18 heavy (non-hydrogen) atoms. The van der Waals surface area contributed by atoms with E-state index < -0.39 is 0 Å². The molecule has 1 heterocycles. The van der Waals surface area contributed by atoms with Crippen LogP contribution in [0.3, 0.4) is 0 Å². The predicted octanol–water partition coefficient (Wildman–Crippen LogP) is 3.52. The van der Waals surface area contributed by atoms with Crippen molar-refractivity contribution in [2.45, 2.75) is 19.4 Å². The van der Waals surface area contributed by atoms with Gasteiger partial charge in [-0.3, -0.25) is 4.79 Å². The maximum atomic E-state index is 14.0. The van der Waals surface area contributed by atoms with Crippen molar-refractivity contribution in [3.63, 3.8) is 0 Å². The van der Waals surface area contributed by atoms with Gasteiger partial charge in [0.2, 0.25) is 0 Å². The van der Waals surface area contributed by atoms with Crippen molar-refractivity contribution in [3.8, 4) is 11.3 Å². The zero-order valence-corrected chi connectivity index (χ0v) is 9.97. The molecule has 0 bridgehead atoms. The highest BCUT2D eigenvalue weighted by Crippen LogP contribution is 2.34. The van der Waals surface area contributed by atoms with E-state index in [1.807, 2.05) is 34.9 Å². The molecule has 0 N–H and O–H groups in total. The quantitative estimate of drug-likeness (QED) is 0.753. The van der Waals surface area contributed by atoms with Gasteiger partial charge in [0.1, 0.15) is 5.82 Å². The molecular weight excluding hydrogens is 229 g/mol. The van der Waals surface area contributed by atoms with Gasteiger partial charge in [0.05, 0.1) is 11.4 Å². The third kappa shape index (κ3) is 1.96. The number of nitrogens with zero attached hydrogens (tertiary/aromatic N) is 1. The molecule has 92 valence electrons. The first-order chi connectivity index (χ1) is 8.79. The van der Waals surface area contributed by atoms with Crippen molar-refractivity contribution in [1.82, 2.24) is 4.57 Å². The second kappa shape index (κ2) is 4.41. The Morgan fingerprint density at radius 1 is 1.28 bits per heavy atom. The first-order valence-electron chi connectivity index (χ1n) is 6.19. The minimum absolute atomic E-state index is 0.316. The molecule has 0 spiro atoms. The second-order valence-corrected chi connectivity index (χ2v) is 4.80. The molecule has 2 aromatic rings. The summed E-state index contributed by atoms with van der Waals surface area (Å²) in [4.78, 5) is 11.0. The number of benzene rings is 1. The molecule has 1 saturated carbocycles. The van der Waals surface area contributed by atoms with Crippen LogP contribution in [0.5, 0.6) is 0 Å². The maximum Gasteiger partial charge on any atom is 0.166 e. The SMILES string of the molecule is O=Cc1cc(F)c(-c2ccccc2)n1CC1CC1. The van der Waals surface area contributed by atoms with E-state index in [0.717, 1.165) is 18.4 Å². The van der Waals surface area contributed by atoms with Crippen LogP contribution in [0.1, 0.15) is 23.3 Å². The summed E-state index contributed by atoms with van der Waals surface area (Å²) in [5.41, 5.74) is 1.78. The highest BCUT2D eigenvalue weighted by Gasteiger charge is 2.25. The van der Waals surface area contributed by atoms with Crippen molar-refractivity contribution in [2.75, 3.05) is 0 Å². The Balaban J connectivity index is 2.11. The van der Waals surface area contributed by atoms with E-state index in [2.05, 4.69) is 0 Å². The van der Waals surface area contributed by atoms with Crippen LogP contribution in [0.2, 0.25) is 0 Å². The Bertz CT molecular complexity index is 570. The lowest BCUT2D eigenvalue weighted by Gasteiger charge is -2.10. The molecule has 1 aliphatic rings. The molecule has 3 heteroatoms. The smallest absolute Gasteiger partial charge is 0.166 e. The summed E-state index contributed by atoms with van der Waals surface area (Å²) in [6.45, 7) is 0.738. The molecular formula is C15H14FNO. The fourth-order valence-electron chi connectivity index (χ4n) is 2.28. The Kier molecular flexibility index (Phi) is 2.74. The minimum Gasteiger partial charge on any atom is -0.336 e. The van der Waals surface area contributed by atoms with Crippen molar-refractivity contribution in [2.24, 2.45) is 5.92 Å². The molecule has 2 nitrogen and oxygen atoms in total. The monoisotopic (exact) mass is 243 g/mol.